The van der Waals surface area contributed by atoms with Crippen molar-refractivity contribution in [3.63, 3.8) is 0 Å². The molecule has 0 bridgehead atoms. The van der Waals surface area contributed by atoms with Crippen LogP contribution < -0.4 is 0 Å². The van der Waals surface area contributed by atoms with Crippen molar-refractivity contribution in [2.75, 3.05) is 0 Å². The monoisotopic (exact) mass is 1160 g/mol. The molecule has 0 amide bonds. The fraction of sp³-hybridized carbons (Fsp3) is 0.426. The molecule has 1 nitrogen and oxygen atoms in total. The Morgan fingerprint density at radius 1 is 0.448 bits per heavy atom. The molecule has 0 N–H and O–H groups in total. The number of rotatable bonds is 16. The van der Waals surface area contributed by atoms with Crippen molar-refractivity contribution >= 4 is 49.6 Å². The van der Waals surface area contributed by atoms with Crippen LogP contribution in [0.1, 0.15) is 173 Å². The minimum atomic E-state index is 0. The summed E-state index contributed by atoms with van der Waals surface area (Å²) >= 11 is 0.333. The van der Waals surface area contributed by atoms with Gasteiger partial charge in [-0.3, -0.25) is 0 Å². The minimum absolute atomic E-state index is 0. The van der Waals surface area contributed by atoms with E-state index < -0.39 is 0 Å². The Labute approximate surface area is 453 Å². The Bertz CT molecular complexity index is 1710. The van der Waals surface area contributed by atoms with Crippen molar-refractivity contribution in [2.24, 2.45) is 0 Å². The quantitative estimate of drug-likeness (QED) is 0.0651. The molecule has 67 heavy (non-hydrogen) atoms. The zero-order valence-electron chi connectivity index (χ0n) is 42.0. The summed E-state index contributed by atoms with van der Waals surface area (Å²) in [5.74, 6) is 38.9. The number of unbranched alkanes of at least 4 members (excludes halogenated alkanes) is 6. The second-order valence-electron chi connectivity index (χ2n) is 11.6. The van der Waals surface area contributed by atoms with Gasteiger partial charge in [-0.25, -0.2) is 0 Å². The Balaban J connectivity index is -0.0000000523. The molecule has 0 saturated heterocycles. The van der Waals surface area contributed by atoms with Gasteiger partial charge in [-0.2, -0.15) is 0 Å². The zero-order chi connectivity index (χ0) is 47.9. The molecular weight excluding hydrogens is 1070 g/mol. The summed E-state index contributed by atoms with van der Waals surface area (Å²) < 4.78 is 8.33. The second kappa shape index (κ2) is 119. The van der Waals surface area contributed by atoms with Crippen molar-refractivity contribution in [3.8, 4) is 108 Å². The standard InChI is InChI=1S/C11H20.C11H4.C10H17.C9H16.C9H4.C5H8.C5H10.CH4.4ClH.O.W/c2*1-3-5-7-9-11-10-8-6-4-2;1-3-5-7-9-10-8-6-4-2;2*1-3-5-7-9-8-6-4-2;1-2-4-5-3-1;1-3-5-4-2;;;;;;;/h5-8H,3-4,9-11H2,1-2H3;1H,2H3;3,5-6,8-9H,4,7,10H2,1-2H3;3-6H,7-9H2,1-2H3;1H,2H3;1-2H,3-5H2;3,5H,4H2,1-2H3;1H4;4*1H;;/q;;+1;;;;;;;;;;;/b7-5+,8-6+;;5-3+,8-6+;5-3+,6-4+;;;5-3+;;;;;;;. The van der Waals surface area contributed by atoms with E-state index in [1.54, 1.807) is 13.8 Å². The van der Waals surface area contributed by atoms with Crippen LogP contribution in [0.2, 0.25) is 0 Å². The molecule has 0 aliphatic heterocycles. The van der Waals surface area contributed by atoms with Gasteiger partial charge in [-0.15, -0.1) is 62.5 Å². The molecule has 0 spiro atoms. The van der Waals surface area contributed by atoms with E-state index in [0.29, 0.717) is 19.8 Å². The van der Waals surface area contributed by atoms with Gasteiger partial charge in [0.05, 0.1) is 6.42 Å². The molecule has 1 aliphatic rings. The van der Waals surface area contributed by atoms with Gasteiger partial charge in [0.2, 0.25) is 0 Å². The zero-order valence-corrected chi connectivity index (χ0v) is 48.2. The normalized spacial score (nSPS) is 8.66. The topological polar surface area (TPSA) is 17.1 Å². The third kappa shape index (κ3) is 155. The van der Waals surface area contributed by atoms with E-state index in [2.05, 4.69) is 247 Å². The van der Waals surface area contributed by atoms with Crippen LogP contribution in [0.4, 0.5) is 0 Å². The average molecular weight is 1160 g/mol. The van der Waals surface area contributed by atoms with Gasteiger partial charge < -0.3 is 0 Å². The molecule has 1 rings (SSSR count). The number of halogens is 4. The first-order valence-electron chi connectivity index (χ1n) is 21.8. The summed E-state index contributed by atoms with van der Waals surface area (Å²) in [5.41, 5.74) is 0. The maximum absolute atomic E-state index is 8.33. The molecule has 6 heteroatoms. The van der Waals surface area contributed by atoms with E-state index in [-0.39, 0.29) is 57.1 Å². The van der Waals surface area contributed by atoms with Crippen LogP contribution >= 0.6 is 49.6 Å². The first-order chi connectivity index (χ1) is 30.5. The Hall–Kier alpha value is -4.52. The molecular formula is C61H87Cl4OW+. The van der Waals surface area contributed by atoms with Gasteiger partial charge in [0.1, 0.15) is 12.8 Å². The summed E-state index contributed by atoms with van der Waals surface area (Å²) in [7, 11) is 0. The van der Waals surface area contributed by atoms with Crippen LogP contribution in [0.15, 0.2) is 97.2 Å². The fourth-order valence-corrected chi connectivity index (χ4v) is 3.57. The van der Waals surface area contributed by atoms with E-state index in [9.17, 15) is 0 Å². The molecule has 0 radical (unpaired) electrons. The predicted molar refractivity (Wildman–Crippen MR) is 312 cm³/mol. The maximum atomic E-state index is 8.33. The van der Waals surface area contributed by atoms with Crippen LogP contribution in [0.25, 0.3) is 0 Å². The van der Waals surface area contributed by atoms with Crippen molar-refractivity contribution < 1.29 is 23.2 Å². The van der Waals surface area contributed by atoms with Gasteiger partial charge in [0.25, 0.3) is 0 Å². The van der Waals surface area contributed by atoms with Gasteiger partial charge in [-0.1, -0.05) is 132 Å². The average Bonchev–Trinajstić information content (AvgIpc) is 3.90. The van der Waals surface area contributed by atoms with Gasteiger partial charge in [-0.05, 0) is 220 Å². The molecule has 0 heterocycles. The van der Waals surface area contributed by atoms with E-state index in [4.69, 9.17) is 16.2 Å². The predicted octanol–water partition coefficient (Wildman–Crippen LogP) is 18.1. The molecule has 1 aliphatic carbocycles. The van der Waals surface area contributed by atoms with Crippen molar-refractivity contribution in [1.29, 1.82) is 0 Å². The summed E-state index contributed by atoms with van der Waals surface area (Å²) in [6, 6.07) is 0. The SMILES string of the molecule is C.C#CC#CC#CC#CC.C#CC#CC#CC#CC#CC.C/C=C/CC.C/C=C/CCC/C=C/C.C/C=C/C[CH+]C/C=C/CC.C1=CCCC1.CC/C=C/CCC/C=C/CC.Cl.Cl.Cl.Cl.[O]=[W]. The van der Waals surface area contributed by atoms with E-state index >= 15 is 0 Å². The number of hydrogen-bond acceptors (Lipinski definition) is 1. The van der Waals surface area contributed by atoms with Crippen LogP contribution in [0.5, 0.6) is 0 Å². The number of terminal acetylenes is 2. The summed E-state index contributed by atoms with van der Waals surface area (Å²) in [6.07, 6.45) is 65.3. The Morgan fingerprint density at radius 2 is 0.746 bits per heavy atom. The van der Waals surface area contributed by atoms with E-state index in [1.807, 2.05) is 6.92 Å². The Kier molecular flexibility index (Phi) is 165. The van der Waals surface area contributed by atoms with Gasteiger partial charge >= 0.3 is 23.2 Å². The fourth-order valence-electron chi connectivity index (χ4n) is 3.57. The number of allylic oxidation sites excluding steroid dienone is 16. The molecule has 370 valence electrons. The van der Waals surface area contributed by atoms with Crippen molar-refractivity contribution in [1.82, 2.24) is 0 Å². The van der Waals surface area contributed by atoms with Crippen LogP contribution in [0.3, 0.4) is 0 Å². The first-order valence-corrected chi connectivity index (χ1v) is 23.0. The summed E-state index contributed by atoms with van der Waals surface area (Å²) in [6.45, 7) is 20.3. The van der Waals surface area contributed by atoms with Crippen molar-refractivity contribution in [2.45, 2.75) is 173 Å². The van der Waals surface area contributed by atoms with E-state index in [0.717, 1.165) is 25.7 Å². The third-order valence-electron chi connectivity index (χ3n) is 6.40. The molecule has 0 saturated carbocycles. The summed E-state index contributed by atoms with van der Waals surface area (Å²) in [5, 5.41) is 0. The van der Waals surface area contributed by atoms with Gasteiger partial charge in [0, 0.05) is 0 Å². The van der Waals surface area contributed by atoms with Crippen LogP contribution in [0, 0.1) is 114 Å². The van der Waals surface area contributed by atoms with Crippen LogP contribution in [-0.2, 0) is 23.2 Å². The molecule has 0 unspecified atom stereocenters. The molecule has 0 aromatic rings. The molecule has 0 aromatic carbocycles. The van der Waals surface area contributed by atoms with E-state index in [1.165, 1.54) is 70.6 Å². The molecule has 0 atom stereocenters. The first kappa shape index (κ1) is 92.7. The number of hydrogen-bond donors (Lipinski definition) is 0. The Morgan fingerprint density at radius 3 is 1.01 bits per heavy atom. The van der Waals surface area contributed by atoms with Crippen molar-refractivity contribution in [3.05, 3.63) is 104 Å². The van der Waals surface area contributed by atoms with Gasteiger partial charge in [0.15, 0.2) is 0 Å². The molecule has 0 fully saturated rings. The summed E-state index contributed by atoms with van der Waals surface area (Å²) in [4.78, 5) is 0. The molecule has 0 aromatic heterocycles. The second-order valence-corrected chi connectivity index (χ2v) is 11.6. The van der Waals surface area contributed by atoms with Crippen LogP contribution in [-0.4, -0.2) is 0 Å². The third-order valence-corrected chi connectivity index (χ3v) is 6.40.